The predicted octanol–water partition coefficient (Wildman–Crippen LogP) is 4.56. The van der Waals surface area contributed by atoms with Crippen LogP contribution in [0.25, 0.3) is 0 Å². The first-order valence-corrected chi connectivity index (χ1v) is 8.25. The van der Waals surface area contributed by atoms with E-state index in [1.165, 1.54) is 25.7 Å². The number of para-hydroxylation sites is 1. The monoisotopic (exact) mass is 306 g/mol. The maximum atomic E-state index is 11.9. The van der Waals surface area contributed by atoms with Crippen molar-refractivity contribution >= 4 is 11.7 Å². The first-order chi connectivity index (χ1) is 10.6. The van der Waals surface area contributed by atoms with E-state index in [9.17, 15) is 4.79 Å². The van der Waals surface area contributed by atoms with Gasteiger partial charge in [0.15, 0.2) is 0 Å². The molecule has 0 radical (unpaired) electrons. The average Bonchev–Trinajstić information content (AvgIpc) is 2.48. The molecule has 1 aromatic rings. The van der Waals surface area contributed by atoms with Gasteiger partial charge in [-0.2, -0.15) is 0 Å². The number of hydrogen-bond acceptors (Lipinski definition) is 2. The molecule has 0 aliphatic heterocycles. The van der Waals surface area contributed by atoms with Gasteiger partial charge in [-0.25, -0.2) is 4.79 Å². The Morgan fingerprint density at radius 1 is 1.14 bits per heavy atom. The Morgan fingerprint density at radius 2 is 1.86 bits per heavy atom. The van der Waals surface area contributed by atoms with Crippen molar-refractivity contribution < 1.29 is 9.53 Å². The molecular weight excluding hydrogens is 276 g/mol. The van der Waals surface area contributed by atoms with Crippen LogP contribution in [-0.2, 0) is 11.3 Å². The van der Waals surface area contributed by atoms with Crippen molar-refractivity contribution in [1.82, 2.24) is 5.32 Å². The van der Waals surface area contributed by atoms with Crippen molar-refractivity contribution in [2.45, 2.75) is 52.6 Å². The van der Waals surface area contributed by atoms with E-state index < -0.39 is 0 Å². The molecule has 0 fully saturated rings. The van der Waals surface area contributed by atoms with Crippen molar-refractivity contribution in [1.29, 1.82) is 0 Å². The number of methoxy groups -OCH3 is 1. The number of hydrogen-bond donors (Lipinski definition) is 2. The molecule has 0 bridgehead atoms. The third-order valence-corrected chi connectivity index (χ3v) is 3.56. The van der Waals surface area contributed by atoms with Crippen molar-refractivity contribution in [3.63, 3.8) is 0 Å². The van der Waals surface area contributed by atoms with E-state index in [-0.39, 0.29) is 6.03 Å². The van der Waals surface area contributed by atoms with Crippen LogP contribution in [-0.4, -0.2) is 19.7 Å². The van der Waals surface area contributed by atoms with E-state index in [1.807, 2.05) is 24.3 Å². The van der Waals surface area contributed by atoms with Gasteiger partial charge in [0.1, 0.15) is 0 Å². The standard InChI is InChI=1S/C18H30N2O2/c1-15(2)10-6-4-5-9-13-19-18(21)20-17-12-8-7-11-16(17)14-22-3/h7-8,11-12,15H,4-6,9-10,13-14H2,1-3H3,(H2,19,20,21). The number of benzene rings is 1. The third kappa shape index (κ3) is 8.03. The van der Waals surface area contributed by atoms with Crippen LogP contribution in [0.5, 0.6) is 0 Å². The lowest BCUT2D eigenvalue weighted by Crippen LogP contribution is -2.29. The lowest BCUT2D eigenvalue weighted by molar-refractivity contribution is 0.185. The van der Waals surface area contributed by atoms with Crippen LogP contribution in [0.3, 0.4) is 0 Å². The van der Waals surface area contributed by atoms with Crippen molar-refractivity contribution in [2.75, 3.05) is 19.0 Å². The van der Waals surface area contributed by atoms with Crippen LogP contribution in [0.15, 0.2) is 24.3 Å². The van der Waals surface area contributed by atoms with Crippen LogP contribution < -0.4 is 10.6 Å². The van der Waals surface area contributed by atoms with Crippen LogP contribution >= 0.6 is 0 Å². The minimum Gasteiger partial charge on any atom is -0.380 e. The van der Waals surface area contributed by atoms with Crippen molar-refractivity contribution in [2.24, 2.45) is 5.92 Å². The molecule has 0 aliphatic carbocycles. The molecule has 4 heteroatoms. The van der Waals surface area contributed by atoms with E-state index in [0.717, 1.165) is 30.1 Å². The van der Waals surface area contributed by atoms with E-state index >= 15 is 0 Å². The molecule has 2 N–H and O–H groups in total. The summed E-state index contributed by atoms with van der Waals surface area (Å²) in [6.07, 6.45) is 6.04. The van der Waals surface area contributed by atoms with Gasteiger partial charge in [-0.05, 0) is 18.4 Å². The summed E-state index contributed by atoms with van der Waals surface area (Å²) < 4.78 is 5.13. The molecule has 2 amide bonds. The van der Waals surface area contributed by atoms with E-state index in [1.54, 1.807) is 7.11 Å². The zero-order valence-electron chi connectivity index (χ0n) is 14.2. The van der Waals surface area contributed by atoms with Crippen LogP contribution in [0.1, 0.15) is 51.5 Å². The highest BCUT2D eigenvalue weighted by molar-refractivity contribution is 5.90. The number of rotatable bonds is 10. The smallest absolute Gasteiger partial charge is 0.319 e. The number of unbranched alkanes of at least 4 members (excludes halogenated alkanes) is 3. The van der Waals surface area contributed by atoms with Gasteiger partial charge in [-0.1, -0.05) is 57.7 Å². The number of amides is 2. The van der Waals surface area contributed by atoms with Gasteiger partial charge in [-0.15, -0.1) is 0 Å². The molecule has 0 unspecified atom stereocenters. The molecular formula is C18H30N2O2. The Bertz CT molecular complexity index is 433. The van der Waals surface area contributed by atoms with Crippen LogP contribution in [0.2, 0.25) is 0 Å². The van der Waals surface area contributed by atoms with Gasteiger partial charge in [0.2, 0.25) is 0 Å². The summed E-state index contributed by atoms with van der Waals surface area (Å²) in [5.74, 6) is 0.788. The second kappa shape index (κ2) is 11.1. The number of carbonyl (C=O) groups is 1. The van der Waals surface area contributed by atoms with E-state index in [2.05, 4.69) is 24.5 Å². The highest BCUT2D eigenvalue weighted by Crippen LogP contribution is 2.15. The largest absolute Gasteiger partial charge is 0.380 e. The molecule has 124 valence electrons. The molecule has 0 atom stereocenters. The molecule has 0 saturated carbocycles. The van der Waals surface area contributed by atoms with Crippen LogP contribution in [0.4, 0.5) is 10.5 Å². The molecule has 4 nitrogen and oxygen atoms in total. The maximum absolute atomic E-state index is 11.9. The molecule has 0 aliphatic rings. The third-order valence-electron chi connectivity index (χ3n) is 3.56. The fourth-order valence-electron chi connectivity index (χ4n) is 2.32. The SMILES string of the molecule is COCc1ccccc1NC(=O)NCCCCCCC(C)C. The van der Waals surface area contributed by atoms with Crippen LogP contribution in [0, 0.1) is 5.92 Å². The number of anilines is 1. The van der Waals surface area contributed by atoms with Gasteiger partial charge in [-0.3, -0.25) is 0 Å². The summed E-state index contributed by atoms with van der Waals surface area (Å²) in [5.41, 5.74) is 1.78. The highest BCUT2D eigenvalue weighted by Gasteiger charge is 2.05. The Kier molecular flexibility index (Phi) is 9.31. The topological polar surface area (TPSA) is 50.4 Å². The predicted molar refractivity (Wildman–Crippen MR) is 92.1 cm³/mol. The molecule has 0 heterocycles. The number of urea groups is 1. The highest BCUT2D eigenvalue weighted by atomic mass is 16.5. The molecule has 1 rings (SSSR count). The second-order valence-electron chi connectivity index (χ2n) is 6.07. The molecule has 0 spiro atoms. The minimum atomic E-state index is -0.147. The Hall–Kier alpha value is -1.55. The minimum absolute atomic E-state index is 0.147. The van der Waals surface area contributed by atoms with Gasteiger partial charge >= 0.3 is 6.03 Å². The Morgan fingerprint density at radius 3 is 2.59 bits per heavy atom. The van der Waals surface area contributed by atoms with Crippen molar-refractivity contribution in [3.05, 3.63) is 29.8 Å². The molecule has 1 aromatic carbocycles. The fraction of sp³-hybridized carbons (Fsp3) is 0.611. The van der Waals surface area contributed by atoms with Gasteiger partial charge < -0.3 is 15.4 Å². The lowest BCUT2D eigenvalue weighted by atomic mass is 10.0. The molecule has 22 heavy (non-hydrogen) atoms. The summed E-state index contributed by atoms with van der Waals surface area (Å²) in [5, 5.41) is 5.79. The zero-order valence-corrected chi connectivity index (χ0v) is 14.2. The normalized spacial score (nSPS) is 10.7. The van der Waals surface area contributed by atoms with E-state index in [4.69, 9.17) is 4.74 Å². The quantitative estimate of drug-likeness (QED) is 0.622. The fourth-order valence-corrected chi connectivity index (χ4v) is 2.32. The van der Waals surface area contributed by atoms with E-state index in [0.29, 0.717) is 6.61 Å². The first kappa shape index (κ1) is 18.5. The van der Waals surface area contributed by atoms with Gasteiger partial charge in [0.25, 0.3) is 0 Å². The molecule has 0 aromatic heterocycles. The molecule has 0 saturated heterocycles. The second-order valence-corrected chi connectivity index (χ2v) is 6.07. The summed E-state index contributed by atoms with van der Waals surface area (Å²) in [6, 6.07) is 7.54. The van der Waals surface area contributed by atoms with Gasteiger partial charge in [0.05, 0.1) is 6.61 Å². The Labute approximate surface area is 134 Å². The summed E-state index contributed by atoms with van der Waals surface area (Å²) >= 11 is 0. The Balaban J connectivity index is 2.18. The average molecular weight is 306 g/mol. The summed E-state index contributed by atoms with van der Waals surface area (Å²) in [7, 11) is 1.65. The number of carbonyl (C=O) groups excluding carboxylic acids is 1. The van der Waals surface area contributed by atoms with Gasteiger partial charge in [0, 0.05) is 24.9 Å². The summed E-state index contributed by atoms with van der Waals surface area (Å²) in [4.78, 5) is 11.9. The summed E-state index contributed by atoms with van der Waals surface area (Å²) in [6.45, 7) is 5.73. The lowest BCUT2D eigenvalue weighted by Gasteiger charge is -2.11. The van der Waals surface area contributed by atoms with Crippen molar-refractivity contribution in [3.8, 4) is 0 Å². The maximum Gasteiger partial charge on any atom is 0.319 e. The zero-order chi connectivity index (χ0) is 16.2. The first-order valence-electron chi connectivity index (χ1n) is 8.25. The number of nitrogens with one attached hydrogen (secondary N) is 2. The number of ether oxygens (including phenoxy) is 1.